The number of allylic oxidation sites excluding steroid dienone is 2. The van der Waals surface area contributed by atoms with E-state index in [0.717, 1.165) is 5.56 Å². The van der Waals surface area contributed by atoms with E-state index < -0.39 is 10.0 Å². The first-order valence-corrected chi connectivity index (χ1v) is 12.4. The molecule has 160 valence electrons. The van der Waals surface area contributed by atoms with Gasteiger partial charge < -0.3 is 10.0 Å². The zero-order valence-electron chi connectivity index (χ0n) is 16.4. The molecule has 3 N–H and O–H groups in total. The Kier molecular flexibility index (Phi) is 6.12. The molecular weight excluding hydrogens is 500 g/mol. The molecule has 0 saturated heterocycles. The lowest BCUT2D eigenvalue weighted by Crippen LogP contribution is -2.28. The quantitative estimate of drug-likeness (QED) is 0.491. The fraction of sp³-hybridized carbons (Fsp3) is 0.0952. The van der Waals surface area contributed by atoms with Crippen LogP contribution in [0.4, 0.5) is 5.69 Å². The Morgan fingerprint density at radius 2 is 1.97 bits per heavy atom. The predicted molar refractivity (Wildman–Crippen MR) is 127 cm³/mol. The molecule has 1 atom stereocenters. The largest absolute Gasteiger partial charge is 0.345 e. The second-order valence-electron chi connectivity index (χ2n) is 6.84. The van der Waals surface area contributed by atoms with E-state index in [1.54, 1.807) is 41.0 Å². The van der Waals surface area contributed by atoms with Crippen molar-refractivity contribution in [2.45, 2.75) is 13.0 Å². The van der Waals surface area contributed by atoms with Gasteiger partial charge in [-0.15, -0.1) is 0 Å². The van der Waals surface area contributed by atoms with Crippen molar-refractivity contribution in [1.82, 2.24) is 14.3 Å². The van der Waals surface area contributed by atoms with Crippen molar-refractivity contribution in [3.05, 3.63) is 99.3 Å². The molecule has 0 radical (unpaired) electrons. The van der Waals surface area contributed by atoms with Gasteiger partial charge in [-0.3, -0.25) is 13.8 Å². The summed E-state index contributed by atoms with van der Waals surface area (Å²) >= 11 is 4.62. The van der Waals surface area contributed by atoms with Crippen LogP contribution in [-0.4, -0.2) is 18.6 Å². The molecule has 2 aliphatic heterocycles. The monoisotopic (exact) mass is 518 g/mol. The summed E-state index contributed by atoms with van der Waals surface area (Å²) < 4.78 is 34.2. The highest BCUT2D eigenvalue weighted by molar-refractivity contribution is 9.10. The fourth-order valence-electron chi connectivity index (χ4n) is 3.16. The molecular formula is C21H19BrN4O3S2. The van der Waals surface area contributed by atoms with Crippen LogP contribution in [0.2, 0.25) is 0 Å². The topological polar surface area (TPSA) is 90.5 Å². The molecule has 31 heavy (non-hydrogen) atoms. The fourth-order valence-corrected chi connectivity index (χ4v) is 5.50. The Balaban J connectivity index is 1.61. The lowest BCUT2D eigenvalue weighted by atomic mass is 10.1. The average molecular weight is 519 g/mol. The van der Waals surface area contributed by atoms with Gasteiger partial charge in [0.25, 0.3) is 15.9 Å². The second kappa shape index (κ2) is 8.81. The molecule has 7 nitrogen and oxygen atoms in total. The van der Waals surface area contributed by atoms with Crippen molar-refractivity contribution >= 4 is 49.7 Å². The van der Waals surface area contributed by atoms with Gasteiger partial charge in [0.15, 0.2) is 0 Å². The van der Waals surface area contributed by atoms with Crippen LogP contribution in [0.1, 0.15) is 28.9 Å². The van der Waals surface area contributed by atoms with Crippen LogP contribution in [0.3, 0.4) is 0 Å². The Hall–Kier alpha value is -2.69. The minimum absolute atomic E-state index is 0.108. The summed E-state index contributed by atoms with van der Waals surface area (Å²) in [5, 5.41) is 2.93. The van der Waals surface area contributed by atoms with Crippen molar-refractivity contribution in [3.63, 3.8) is 0 Å². The molecule has 2 aliphatic rings. The van der Waals surface area contributed by atoms with Crippen LogP contribution < -0.4 is 14.8 Å². The van der Waals surface area contributed by atoms with Crippen molar-refractivity contribution < 1.29 is 13.2 Å². The van der Waals surface area contributed by atoms with Crippen LogP contribution in [-0.2, 0) is 10.0 Å². The molecule has 0 aliphatic carbocycles. The van der Waals surface area contributed by atoms with Gasteiger partial charge in [-0.25, -0.2) is 8.42 Å². The van der Waals surface area contributed by atoms with Gasteiger partial charge in [-0.1, -0.05) is 46.3 Å². The van der Waals surface area contributed by atoms with Gasteiger partial charge in [-0.2, -0.15) is 0 Å². The summed E-state index contributed by atoms with van der Waals surface area (Å²) in [5.41, 5.74) is 1.88. The SMILES string of the molecule is C[C@@H](NC(=O)c1ccc(Br)cc1NS(=O)(=O)C1=CC=CN2SNC=C12)c1ccccc1. The van der Waals surface area contributed by atoms with Crippen molar-refractivity contribution in [2.24, 2.45) is 0 Å². The zero-order valence-corrected chi connectivity index (χ0v) is 19.6. The molecule has 0 unspecified atom stereocenters. The van der Waals surface area contributed by atoms with Crippen LogP contribution in [0, 0.1) is 0 Å². The smallest absolute Gasteiger partial charge is 0.264 e. The van der Waals surface area contributed by atoms with Crippen molar-refractivity contribution in [3.8, 4) is 0 Å². The molecule has 0 fully saturated rings. The standard InChI is InChI=1S/C21H19BrN4O3S2/c1-14(15-6-3-2-4-7-15)24-21(27)17-10-9-16(22)12-18(17)25-31(28,29)20-8-5-11-26-19(20)13-23-30-26/h2-14,23,25H,1H3,(H,24,27)/t14-/m1/s1. The van der Waals surface area contributed by atoms with E-state index in [0.29, 0.717) is 10.2 Å². The maximum atomic E-state index is 13.2. The van der Waals surface area contributed by atoms with Gasteiger partial charge in [0, 0.05) is 16.9 Å². The number of nitrogens with zero attached hydrogens (tertiary/aromatic N) is 1. The van der Waals surface area contributed by atoms with E-state index in [1.165, 1.54) is 18.2 Å². The molecule has 0 aromatic heterocycles. The molecule has 2 aromatic rings. The van der Waals surface area contributed by atoms with E-state index in [4.69, 9.17) is 0 Å². The number of carbonyl (C=O) groups excluding carboxylic acids is 1. The van der Waals surface area contributed by atoms with E-state index in [2.05, 4.69) is 30.7 Å². The van der Waals surface area contributed by atoms with Gasteiger partial charge in [0.1, 0.15) is 4.91 Å². The van der Waals surface area contributed by atoms with Crippen molar-refractivity contribution in [1.29, 1.82) is 0 Å². The molecule has 4 rings (SSSR count). The minimum Gasteiger partial charge on any atom is -0.345 e. The van der Waals surface area contributed by atoms with E-state index in [9.17, 15) is 13.2 Å². The summed E-state index contributed by atoms with van der Waals surface area (Å²) in [6.45, 7) is 1.88. The third kappa shape index (κ3) is 4.65. The lowest BCUT2D eigenvalue weighted by Gasteiger charge is -2.21. The van der Waals surface area contributed by atoms with Gasteiger partial charge in [0.05, 0.1) is 35.1 Å². The van der Waals surface area contributed by atoms with Crippen LogP contribution >= 0.6 is 28.1 Å². The van der Waals surface area contributed by atoms with E-state index in [-0.39, 0.29) is 28.1 Å². The maximum absolute atomic E-state index is 13.2. The summed E-state index contributed by atoms with van der Waals surface area (Å²) in [4.78, 5) is 13.1. The van der Waals surface area contributed by atoms with Crippen molar-refractivity contribution in [2.75, 3.05) is 4.72 Å². The highest BCUT2D eigenvalue weighted by atomic mass is 79.9. The molecule has 2 heterocycles. The second-order valence-corrected chi connectivity index (χ2v) is 10.2. The normalized spacial score (nSPS) is 16.0. The number of hydrogen-bond acceptors (Lipinski definition) is 6. The highest BCUT2D eigenvalue weighted by Gasteiger charge is 2.30. The first-order chi connectivity index (χ1) is 14.8. The Bertz CT molecular complexity index is 1210. The number of hydrogen-bond donors (Lipinski definition) is 3. The Morgan fingerprint density at radius 3 is 2.74 bits per heavy atom. The molecule has 2 aromatic carbocycles. The maximum Gasteiger partial charge on any atom is 0.264 e. The van der Waals surface area contributed by atoms with E-state index in [1.807, 2.05) is 37.3 Å². The highest BCUT2D eigenvalue weighted by Crippen LogP contribution is 2.34. The lowest BCUT2D eigenvalue weighted by molar-refractivity contribution is 0.0941. The Morgan fingerprint density at radius 1 is 1.19 bits per heavy atom. The summed E-state index contributed by atoms with van der Waals surface area (Å²) in [7, 11) is -3.95. The number of rotatable bonds is 6. The first-order valence-electron chi connectivity index (χ1n) is 9.34. The third-order valence-corrected chi connectivity index (χ3v) is 7.36. The van der Waals surface area contributed by atoms with Crippen LogP contribution in [0.5, 0.6) is 0 Å². The number of carbonyl (C=O) groups is 1. The minimum atomic E-state index is -3.95. The summed E-state index contributed by atoms with van der Waals surface area (Å²) in [5.74, 6) is -0.377. The summed E-state index contributed by atoms with van der Waals surface area (Å²) in [6.07, 6.45) is 6.56. The number of amides is 1. The molecule has 0 bridgehead atoms. The number of fused-ring (bicyclic) bond motifs is 1. The molecule has 0 saturated carbocycles. The average Bonchev–Trinajstić information content (AvgIpc) is 3.23. The van der Waals surface area contributed by atoms with Gasteiger partial charge >= 0.3 is 0 Å². The number of benzene rings is 2. The molecule has 0 spiro atoms. The number of sulfonamides is 1. The van der Waals surface area contributed by atoms with E-state index >= 15 is 0 Å². The first kappa shape index (κ1) is 21.5. The molecule has 1 amide bonds. The van der Waals surface area contributed by atoms with Crippen LogP contribution in [0.15, 0.2) is 88.2 Å². The van der Waals surface area contributed by atoms with Crippen LogP contribution in [0.25, 0.3) is 0 Å². The molecule has 10 heteroatoms. The zero-order chi connectivity index (χ0) is 22.0. The predicted octanol–water partition coefficient (Wildman–Crippen LogP) is 4.40. The number of anilines is 1. The number of nitrogens with one attached hydrogen (secondary N) is 3. The number of halogens is 1. The Labute approximate surface area is 193 Å². The van der Waals surface area contributed by atoms with Gasteiger partial charge in [0.2, 0.25) is 0 Å². The summed E-state index contributed by atoms with van der Waals surface area (Å²) in [6, 6.07) is 14.2. The third-order valence-electron chi connectivity index (χ3n) is 4.71. The van der Waals surface area contributed by atoms with Gasteiger partial charge in [-0.05, 0) is 42.8 Å².